The maximum absolute atomic E-state index is 10.4. The molecule has 5 heteroatoms. The van der Waals surface area contributed by atoms with Crippen LogP contribution in [-0.2, 0) is 4.79 Å². The number of unbranched alkanes of at least 4 members (excludes halogenated alkanes) is 1. The Morgan fingerprint density at radius 2 is 2.20 bits per heavy atom. The van der Waals surface area contributed by atoms with Crippen LogP contribution in [0.15, 0.2) is 30.5 Å². The third kappa shape index (κ3) is 3.60. The van der Waals surface area contributed by atoms with E-state index in [9.17, 15) is 4.79 Å². The first-order valence-corrected chi connectivity index (χ1v) is 6.59. The van der Waals surface area contributed by atoms with Crippen LogP contribution in [0.4, 0.5) is 5.82 Å². The summed E-state index contributed by atoms with van der Waals surface area (Å²) in [7, 11) is 1.64. The van der Waals surface area contributed by atoms with Gasteiger partial charge in [-0.15, -0.1) is 0 Å². The number of hydrogen-bond acceptors (Lipinski definition) is 4. The lowest BCUT2D eigenvalue weighted by Gasteiger charge is -2.09. The van der Waals surface area contributed by atoms with E-state index in [0.29, 0.717) is 13.0 Å². The molecule has 0 atom stereocenters. The first kappa shape index (κ1) is 14.1. The van der Waals surface area contributed by atoms with E-state index >= 15 is 0 Å². The minimum atomic E-state index is -0.750. The van der Waals surface area contributed by atoms with E-state index < -0.39 is 5.97 Å². The van der Waals surface area contributed by atoms with Crippen LogP contribution in [-0.4, -0.2) is 29.7 Å². The molecule has 0 saturated heterocycles. The van der Waals surface area contributed by atoms with Gasteiger partial charge in [0.2, 0.25) is 0 Å². The average Bonchev–Trinajstić information content (AvgIpc) is 2.46. The van der Waals surface area contributed by atoms with Crippen molar-refractivity contribution in [3.8, 4) is 5.75 Å². The minimum Gasteiger partial charge on any atom is -0.497 e. The van der Waals surface area contributed by atoms with Crippen molar-refractivity contribution in [3.63, 3.8) is 0 Å². The van der Waals surface area contributed by atoms with Crippen molar-refractivity contribution in [3.05, 3.63) is 30.5 Å². The van der Waals surface area contributed by atoms with Gasteiger partial charge in [-0.1, -0.05) is 0 Å². The zero-order valence-electron chi connectivity index (χ0n) is 11.4. The number of benzene rings is 1. The number of rotatable bonds is 7. The number of carbonyl (C=O) groups is 1. The molecule has 0 aliphatic carbocycles. The molecule has 0 spiro atoms. The maximum Gasteiger partial charge on any atom is 0.303 e. The first-order valence-electron chi connectivity index (χ1n) is 6.59. The topological polar surface area (TPSA) is 71.5 Å². The number of fused-ring (bicyclic) bond motifs is 1. The van der Waals surface area contributed by atoms with Crippen LogP contribution in [0, 0.1) is 0 Å². The van der Waals surface area contributed by atoms with Crippen molar-refractivity contribution in [2.24, 2.45) is 0 Å². The van der Waals surface area contributed by atoms with Crippen molar-refractivity contribution in [2.75, 3.05) is 19.0 Å². The summed E-state index contributed by atoms with van der Waals surface area (Å²) in [6.07, 6.45) is 3.44. The lowest BCUT2D eigenvalue weighted by molar-refractivity contribution is -0.137. The van der Waals surface area contributed by atoms with E-state index in [1.54, 1.807) is 13.3 Å². The predicted molar refractivity (Wildman–Crippen MR) is 78.3 cm³/mol. The molecule has 20 heavy (non-hydrogen) atoms. The van der Waals surface area contributed by atoms with Gasteiger partial charge in [-0.2, -0.15) is 0 Å². The number of anilines is 1. The van der Waals surface area contributed by atoms with Gasteiger partial charge in [-0.05, 0) is 42.5 Å². The Morgan fingerprint density at radius 3 is 2.95 bits per heavy atom. The second kappa shape index (κ2) is 6.75. The van der Waals surface area contributed by atoms with Gasteiger partial charge in [0, 0.05) is 24.5 Å². The molecule has 0 amide bonds. The van der Waals surface area contributed by atoms with E-state index in [1.165, 1.54) is 0 Å². The van der Waals surface area contributed by atoms with Crippen LogP contribution in [0.5, 0.6) is 5.75 Å². The number of aliphatic carboxylic acids is 1. The molecule has 2 N–H and O–H groups in total. The predicted octanol–water partition coefficient (Wildman–Crippen LogP) is 2.91. The Bertz CT molecular complexity index is 599. The zero-order valence-corrected chi connectivity index (χ0v) is 11.4. The number of carboxylic acids is 1. The highest BCUT2D eigenvalue weighted by molar-refractivity contribution is 5.92. The number of ether oxygens (including phenoxy) is 1. The van der Waals surface area contributed by atoms with Crippen LogP contribution in [0.3, 0.4) is 0 Å². The number of carboxylic acid groups (broad SMARTS) is 1. The van der Waals surface area contributed by atoms with Crippen LogP contribution < -0.4 is 10.1 Å². The number of hydrogen-bond donors (Lipinski definition) is 2. The highest BCUT2D eigenvalue weighted by atomic mass is 16.5. The normalized spacial score (nSPS) is 10.4. The Balaban J connectivity index is 2.01. The van der Waals surface area contributed by atoms with E-state index in [4.69, 9.17) is 9.84 Å². The highest BCUT2D eigenvalue weighted by Gasteiger charge is 2.03. The molecule has 0 fully saturated rings. The lowest BCUT2D eigenvalue weighted by Crippen LogP contribution is -2.05. The first-order chi connectivity index (χ1) is 9.70. The fourth-order valence-corrected chi connectivity index (χ4v) is 2.03. The fourth-order valence-electron chi connectivity index (χ4n) is 2.03. The van der Waals surface area contributed by atoms with Gasteiger partial charge in [0.15, 0.2) is 0 Å². The summed E-state index contributed by atoms with van der Waals surface area (Å²) in [6, 6.07) is 7.78. The van der Waals surface area contributed by atoms with Crippen molar-refractivity contribution in [1.29, 1.82) is 0 Å². The molecular weight excluding hydrogens is 256 g/mol. The van der Waals surface area contributed by atoms with Gasteiger partial charge in [0.25, 0.3) is 0 Å². The van der Waals surface area contributed by atoms with Crippen LogP contribution in [0.2, 0.25) is 0 Å². The monoisotopic (exact) mass is 274 g/mol. The molecule has 0 aliphatic rings. The van der Waals surface area contributed by atoms with Crippen molar-refractivity contribution >= 4 is 22.6 Å². The third-order valence-corrected chi connectivity index (χ3v) is 3.08. The molecular formula is C15H18N2O3. The molecule has 106 valence electrons. The largest absolute Gasteiger partial charge is 0.497 e. The van der Waals surface area contributed by atoms with Crippen LogP contribution in [0.1, 0.15) is 19.3 Å². The molecule has 1 aromatic carbocycles. The molecule has 0 unspecified atom stereocenters. The van der Waals surface area contributed by atoms with Crippen molar-refractivity contribution in [2.45, 2.75) is 19.3 Å². The summed E-state index contributed by atoms with van der Waals surface area (Å²) in [5.41, 5.74) is 0. The highest BCUT2D eigenvalue weighted by Crippen LogP contribution is 2.25. The smallest absolute Gasteiger partial charge is 0.303 e. The second-order valence-corrected chi connectivity index (χ2v) is 4.52. The zero-order chi connectivity index (χ0) is 14.4. The van der Waals surface area contributed by atoms with Gasteiger partial charge in [0.05, 0.1) is 7.11 Å². The van der Waals surface area contributed by atoms with Gasteiger partial charge in [-0.25, -0.2) is 4.98 Å². The summed E-state index contributed by atoms with van der Waals surface area (Å²) in [5, 5.41) is 13.9. The van der Waals surface area contributed by atoms with E-state index in [1.807, 2.05) is 24.3 Å². The Morgan fingerprint density at radius 1 is 1.35 bits per heavy atom. The van der Waals surface area contributed by atoms with Gasteiger partial charge < -0.3 is 15.2 Å². The number of nitrogens with one attached hydrogen (secondary N) is 1. The fraction of sp³-hybridized carbons (Fsp3) is 0.333. The number of pyridine rings is 1. The quantitative estimate of drug-likeness (QED) is 0.760. The molecule has 2 rings (SSSR count). The summed E-state index contributed by atoms with van der Waals surface area (Å²) in [6.45, 7) is 0.714. The molecule has 0 saturated carbocycles. The van der Waals surface area contributed by atoms with Crippen LogP contribution in [0.25, 0.3) is 10.8 Å². The van der Waals surface area contributed by atoms with Gasteiger partial charge >= 0.3 is 5.97 Å². The van der Waals surface area contributed by atoms with Gasteiger partial charge in [-0.3, -0.25) is 4.79 Å². The molecule has 0 bridgehead atoms. The number of methoxy groups -OCH3 is 1. The number of aromatic nitrogens is 1. The van der Waals surface area contributed by atoms with Crippen molar-refractivity contribution in [1.82, 2.24) is 4.98 Å². The summed E-state index contributed by atoms with van der Waals surface area (Å²) < 4.78 is 5.20. The molecule has 1 aromatic heterocycles. The van der Waals surface area contributed by atoms with E-state index in [0.717, 1.165) is 28.8 Å². The van der Waals surface area contributed by atoms with Crippen LogP contribution >= 0.6 is 0 Å². The minimum absolute atomic E-state index is 0.210. The molecule has 2 aromatic rings. The lowest BCUT2D eigenvalue weighted by atomic mass is 10.1. The van der Waals surface area contributed by atoms with Crippen molar-refractivity contribution < 1.29 is 14.6 Å². The SMILES string of the molecule is COc1ccc2c(NCCCCC(=O)O)nccc2c1. The summed E-state index contributed by atoms with van der Waals surface area (Å²) >= 11 is 0. The summed E-state index contributed by atoms with van der Waals surface area (Å²) in [4.78, 5) is 14.7. The number of nitrogens with zero attached hydrogens (tertiary/aromatic N) is 1. The standard InChI is InChI=1S/C15H18N2O3/c1-20-12-5-6-13-11(10-12)7-9-17-15(13)16-8-3-2-4-14(18)19/h5-7,9-10H,2-4,8H2,1H3,(H,16,17)(H,18,19). The maximum atomic E-state index is 10.4. The third-order valence-electron chi connectivity index (χ3n) is 3.08. The average molecular weight is 274 g/mol. The molecule has 0 aliphatic heterocycles. The molecule has 5 nitrogen and oxygen atoms in total. The van der Waals surface area contributed by atoms with Gasteiger partial charge in [0.1, 0.15) is 11.6 Å². The van der Waals surface area contributed by atoms with E-state index in [2.05, 4.69) is 10.3 Å². The Hall–Kier alpha value is -2.30. The summed E-state index contributed by atoms with van der Waals surface area (Å²) in [5.74, 6) is 0.886. The Labute approximate surface area is 117 Å². The second-order valence-electron chi connectivity index (χ2n) is 4.52. The van der Waals surface area contributed by atoms with E-state index in [-0.39, 0.29) is 6.42 Å². The molecule has 1 heterocycles. The molecule has 0 radical (unpaired) electrons. The Kier molecular flexibility index (Phi) is 4.76.